The molecule has 102 heavy (non-hydrogen) atoms. The molecule has 0 fully saturated rings. The second-order valence-corrected chi connectivity index (χ2v) is 30.2. The molecule has 0 aromatic rings. The molecular weight excluding hydrogens is 1280 g/mol. The quantitative estimate of drug-likeness (QED) is 0.0211. The summed E-state index contributed by atoms with van der Waals surface area (Å²) in [5, 5.41) is 0. The van der Waals surface area contributed by atoms with Gasteiger partial charge in [0.25, 0.3) is 0 Å². The van der Waals surface area contributed by atoms with Crippen molar-refractivity contribution in [2.45, 2.75) is 354 Å². The third kappa shape index (κ3) is 84.3. The van der Waals surface area contributed by atoms with Crippen LogP contribution in [0.25, 0.3) is 0 Å². The number of carbonyl (C=O) groups excluding carboxylic acids is 2. The van der Waals surface area contributed by atoms with E-state index in [9.17, 15) is 19.0 Å². The van der Waals surface area contributed by atoms with Crippen LogP contribution in [0.1, 0.15) is 348 Å². The van der Waals surface area contributed by atoms with Gasteiger partial charge in [0.2, 0.25) is 0 Å². The first-order chi connectivity index (χ1) is 50.0. The Hall–Kier alpha value is -4.63. The van der Waals surface area contributed by atoms with Gasteiger partial charge < -0.3 is 18.9 Å². The van der Waals surface area contributed by atoms with Gasteiger partial charge in [-0.3, -0.25) is 18.6 Å². The standard InChI is InChI=1S/C92H156NO8P/c1-6-8-10-12-14-16-18-20-22-24-26-28-30-32-34-36-38-40-42-44-46-48-50-52-54-56-58-60-62-64-66-68-70-72-74-76-78-80-82-84-91(94)98-88-90(89-100-102(96,97)99-87-86-93(3,4)5)101-92(95)85-83-81-79-77-75-73-71-69-67-65-63-61-59-57-55-53-51-49-47-45-43-41-39-37-35-33-31-29-27-25-23-21-19-17-15-13-11-9-7-2/h9,11,15,17-18,20-21,23-24,26-27,29,33,35,39,41,45,47,51,53,57,59,63,65,69,71,75,77,90H,6-8,10,12-14,16,19,22,25,28,30-32,34,36-38,40,42-44,46,48-50,52,54-56,58,60-62,64,66-68,70,72-74,76,78-89H2,1-5H3/p+1/b11-9-,17-15-,20-18-,23-21-,26-24-,29-27-,35-33-,41-39-,47-45-,53-51-,59-57-,65-63-,71-69-,77-75-. The molecule has 0 aliphatic heterocycles. The minimum Gasteiger partial charge on any atom is -0.462 e. The highest BCUT2D eigenvalue weighted by molar-refractivity contribution is 7.47. The number of unbranched alkanes of at least 4 members (excludes halogenated alkanes) is 34. The molecule has 0 heterocycles. The maximum absolute atomic E-state index is 12.9. The first-order valence-electron chi connectivity index (χ1n) is 41.9. The van der Waals surface area contributed by atoms with E-state index < -0.39 is 26.5 Å². The molecule has 0 aromatic carbocycles. The molecule has 0 rings (SSSR count). The lowest BCUT2D eigenvalue weighted by molar-refractivity contribution is -0.870. The number of carbonyl (C=O) groups is 2. The van der Waals surface area contributed by atoms with Crippen molar-refractivity contribution in [2.75, 3.05) is 47.5 Å². The van der Waals surface area contributed by atoms with Crippen LogP contribution in [0.15, 0.2) is 170 Å². The van der Waals surface area contributed by atoms with Gasteiger partial charge in [0.05, 0.1) is 27.7 Å². The fraction of sp³-hybridized carbons (Fsp3) is 0.674. The molecule has 0 saturated heterocycles. The highest BCUT2D eigenvalue weighted by atomic mass is 31.2. The fourth-order valence-corrected chi connectivity index (χ4v) is 12.1. The number of phosphoric acid groups is 1. The monoisotopic (exact) mass is 1440 g/mol. The van der Waals surface area contributed by atoms with Gasteiger partial charge >= 0.3 is 19.8 Å². The van der Waals surface area contributed by atoms with Crippen molar-refractivity contribution >= 4 is 19.8 Å². The van der Waals surface area contributed by atoms with Crippen molar-refractivity contribution in [3.8, 4) is 0 Å². The predicted octanol–water partition coefficient (Wildman–Crippen LogP) is 28.4. The molecular formula is C92H157NO8P+. The first-order valence-corrected chi connectivity index (χ1v) is 43.4. The van der Waals surface area contributed by atoms with Crippen molar-refractivity contribution < 1.29 is 42.1 Å². The van der Waals surface area contributed by atoms with Crippen LogP contribution in [0.5, 0.6) is 0 Å². The van der Waals surface area contributed by atoms with Crippen LogP contribution in [-0.4, -0.2) is 74.9 Å². The Balaban J connectivity index is 4.06. The lowest BCUT2D eigenvalue weighted by Gasteiger charge is -2.24. The number of esters is 2. The molecule has 2 unspecified atom stereocenters. The van der Waals surface area contributed by atoms with E-state index in [-0.39, 0.29) is 32.0 Å². The van der Waals surface area contributed by atoms with E-state index in [1.807, 2.05) is 21.1 Å². The lowest BCUT2D eigenvalue weighted by atomic mass is 10.0. The van der Waals surface area contributed by atoms with Gasteiger partial charge in [-0.05, 0) is 135 Å². The van der Waals surface area contributed by atoms with E-state index in [0.717, 1.165) is 116 Å². The predicted molar refractivity (Wildman–Crippen MR) is 445 cm³/mol. The summed E-state index contributed by atoms with van der Waals surface area (Å²) in [6.07, 6.45) is 122. The number of hydrogen-bond acceptors (Lipinski definition) is 7. The number of nitrogens with zero attached hydrogens (tertiary/aromatic N) is 1. The number of likely N-dealkylation sites (N-methyl/N-ethyl adjacent to an activating group) is 1. The van der Waals surface area contributed by atoms with E-state index in [1.54, 1.807) is 0 Å². The Labute approximate surface area is 629 Å². The molecule has 1 N–H and O–H groups in total. The average Bonchev–Trinajstić information content (AvgIpc) is 0.914. The van der Waals surface area contributed by atoms with Crippen molar-refractivity contribution in [1.82, 2.24) is 0 Å². The Morgan fingerprint density at radius 1 is 0.314 bits per heavy atom. The summed E-state index contributed by atoms with van der Waals surface area (Å²) in [6.45, 7) is 4.28. The van der Waals surface area contributed by atoms with Gasteiger partial charge in [-0.15, -0.1) is 0 Å². The molecule has 0 radical (unpaired) electrons. The molecule has 9 nitrogen and oxygen atoms in total. The zero-order chi connectivity index (χ0) is 74.0. The van der Waals surface area contributed by atoms with Gasteiger partial charge in [-0.2, -0.15) is 0 Å². The molecule has 582 valence electrons. The van der Waals surface area contributed by atoms with Crippen LogP contribution in [-0.2, 0) is 32.7 Å². The molecule has 10 heteroatoms. The topological polar surface area (TPSA) is 108 Å². The summed E-state index contributed by atoms with van der Waals surface area (Å²) in [5.41, 5.74) is 0. The molecule has 0 aliphatic rings. The number of ether oxygens (including phenoxy) is 2. The van der Waals surface area contributed by atoms with Crippen LogP contribution >= 0.6 is 7.82 Å². The minimum absolute atomic E-state index is 0.0161. The zero-order valence-corrected chi connectivity index (χ0v) is 67.4. The first kappa shape index (κ1) is 97.4. The minimum atomic E-state index is -4.42. The number of phosphoric ester groups is 1. The van der Waals surface area contributed by atoms with E-state index >= 15 is 0 Å². The molecule has 0 spiro atoms. The third-order valence-corrected chi connectivity index (χ3v) is 18.7. The van der Waals surface area contributed by atoms with Crippen molar-refractivity contribution in [1.29, 1.82) is 0 Å². The summed E-state index contributed by atoms with van der Waals surface area (Å²) in [5.74, 6) is -0.848. The van der Waals surface area contributed by atoms with Gasteiger partial charge in [-0.25, -0.2) is 4.57 Å². The van der Waals surface area contributed by atoms with E-state index in [1.165, 1.54) is 199 Å². The highest BCUT2D eigenvalue weighted by Gasteiger charge is 2.27. The van der Waals surface area contributed by atoms with Gasteiger partial charge in [0.1, 0.15) is 19.8 Å². The lowest BCUT2D eigenvalue weighted by Crippen LogP contribution is -2.37. The SMILES string of the molecule is CC/C=C\C/C=C\C/C=C\C/C=C\C/C=C\C/C=C\C/C=C\C/C=C\C/C=C\C/C=C\C/C=C\C/C=C\CCCCC(=O)OC(COC(=O)CCCCCCCCCCCCCCCCCCCCCCCCCCCCC/C=C\C/C=C\CCCCCCC)COP(=O)(O)OCC[N+](C)(C)C. The normalized spacial score (nSPS) is 13.9. The Morgan fingerprint density at radius 2 is 0.559 bits per heavy atom. The Morgan fingerprint density at radius 3 is 0.853 bits per heavy atom. The number of allylic oxidation sites excluding steroid dienone is 28. The second kappa shape index (κ2) is 80.5. The Kier molecular flexibility index (Phi) is 76.8. The summed E-state index contributed by atoms with van der Waals surface area (Å²) in [4.78, 5) is 36.0. The molecule has 0 aromatic heterocycles. The molecule has 0 amide bonds. The second-order valence-electron chi connectivity index (χ2n) is 28.8. The van der Waals surface area contributed by atoms with Crippen LogP contribution in [0.4, 0.5) is 0 Å². The van der Waals surface area contributed by atoms with Crippen LogP contribution in [0, 0.1) is 0 Å². The van der Waals surface area contributed by atoms with E-state index in [2.05, 4.69) is 184 Å². The van der Waals surface area contributed by atoms with Gasteiger partial charge in [-0.1, -0.05) is 370 Å². The maximum Gasteiger partial charge on any atom is 0.472 e. The van der Waals surface area contributed by atoms with Crippen molar-refractivity contribution in [3.63, 3.8) is 0 Å². The average molecular weight is 1440 g/mol. The van der Waals surface area contributed by atoms with Crippen LogP contribution in [0.3, 0.4) is 0 Å². The van der Waals surface area contributed by atoms with E-state index in [4.69, 9.17) is 18.5 Å². The number of rotatable bonds is 76. The summed E-state index contributed by atoms with van der Waals surface area (Å²) >= 11 is 0. The largest absolute Gasteiger partial charge is 0.472 e. The number of quaternary nitrogens is 1. The summed E-state index contributed by atoms with van der Waals surface area (Å²) in [7, 11) is 1.44. The highest BCUT2D eigenvalue weighted by Crippen LogP contribution is 2.43. The van der Waals surface area contributed by atoms with Crippen LogP contribution < -0.4 is 0 Å². The zero-order valence-electron chi connectivity index (χ0n) is 66.5. The fourth-order valence-electron chi connectivity index (χ4n) is 11.4. The Bertz CT molecular complexity index is 2340. The van der Waals surface area contributed by atoms with Gasteiger partial charge in [0, 0.05) is 12.8 Å². The molecule has 0 saturated carbocycles. The van der Waals surface area contributed by atoms with Gasteiger partial charge in [0.15, 0.2) is 6.10 Å². The molecule has 2 atom stereocenters. The summed E-state index contributed by atoms with van der Waals surface area (Å²) < 4.78 is 34.8. The van der Waals surface area contributed by atoms with Crippen LogP contribution in [0.2, 0.25) is 0 Å². The maximum atomic E-state index is 12.9. The number of hydrogen-bond donors (Lipinski definition) is 1. The third-order valence-electron chi connectivity index (χ3n) is 17.7. The summed E-state index contributed by atoms with van der Waals surface area (Å²) in [6, 6.07) is 0. The van der Waals surface area contributed by atoms with Crippen molar-refractivity contribution in [3.05, 3.63) is 170 Å². The smallest absolute Gasteiger partial charge is 0.462 e. The molecule has 0 bridgehead atoms. The van der Waals surface area contributed by atoms with E-state index in [0.29, 0.717) is 17.4 Å². The van der Waals surface area contributed by atoms with Crippen molar-refractivity contribution in [2.24, 2.45) is 0 Å². The molecule has 0 aliphatic carbocycles.